The van der Waals surface area contributed by atoms with E-state index >= 15 is 0 Å². The summed E-state index contributed by atoms with van der Waals surface area (Å²) in [5.41, 5.74) is 0. The van der Waals surface area contributed by atoms with E-state index in [-0.39, 0.29) is 0 Å². The number of methoxy groups -OCH3 is 1. The second-order valence-electron chi connectivity index (χ2n) is 3.17. The molecule has 0 amide bonds. The van der Waals surface area contributed by atoms with Crippen molar-refractivity contribution in [3.63, 3.8) is 0 Å². The molecular weight excluding hydrogens is 228 g/mol. The van der Waals surface area contributed by atoms with E-state index in [1.807, 2.05) is 34.7 Å². The molecule has 4 heteroatoms. The number of rotatable bonds is 11. The zero-order valence-electron chi connectivity index (χ0n) is 13.5. The molecule has 0 saturated carbocycles. The zero-order valence-corrected chi connectivity index (χ0v) is 13.5. The molecule has 0 spiro atoms. The van der Waals surface area contributed by atoms with Crippen LogP contribution < -0.4 is 10.6 Å². The Morgan fingerprint density at radius 1 is 0.778 bits per heavy atom. The Labute approximate surface area is 115 Å². The van der Waals surface area contributed by atoms with Crippen LogP contribution in [0.2, 0.25) is 0 Å². The summed E-state index contributed by atoms with van der Waals surface area (Å²) in [6, 6.07) is 0. The average Bonchev–Trinajstić information content (AvgIpc) is 2.45. The van der Waals surface area contributed by atoms with Gasteiger partial charge >= 0.3 is 0 Å². The van der Waals surface area contributed by atoms with Crippen LogP contribution in [0.25, 0.3) is 0 Å². The van der Waals surface area contributed by atoms with Crippen LogP contribution in [0.15, 0.2) is 0 Å². The predicted octanol–water partition coefficient (Wildman–Crippen LogP) is 2.29. The highest BCUT2D eigenvalue weighted by molar-refractivity contribution is 4.48. The predicted molar refractivity (Wildman–Crippen MR) is 81.4 cm³/mol. The third-order valence-corrected chi connectivity index (χ3v) is 1.83. The van der Waals surface area contributed by atoms with Crippen LogP contribution in [0.1, 0.15) is 40.5 Å². The molecule has 0 aliphatic rings. The van der Waals surface area contributed by atoms with Gasteiger partial charge in [0.15, 0.2) is 0 Å². The highest BCUT2D eigenvalue weighted by atomic mass is 16.5. The van der Waals surface area contributed by atoms with Gasteiger partial charge in [0, 0.05) is 40.0 Å². The normalized spacial score (nSPS) is 9.00. The smallest absolute Gasteiger partial charge is 0.0487 e. The lowest BCUT2D eigenvalue weighted by Gasteiger charge is -2.05. The molecule has 0 heterocycles. The van der Waals surface area contributed by atoms with Gasteiger partial charge in [-0.3, -0.25) is 0 Å². The Morgan fingerprint density at radius 2 is 1.39 bits per heavy atom. The van der Waals surface area contributed by atoms with Gasteiger partial charge in [0.25, 0.3) is 0 Å². The summed E-state index contributed by atoms with van der Waals surface area (Å²) in [5, 5.41) is 6.41. The molecule has 0 aromatic rings. The van der Waals surface area contributed by atoms with Gasteiger partial charge in [-0.05, 0) is 26.4 Å². The van der Waals surface area contributed by atoms with Crippen molar-refractivity contribution in [1.82, 2.24) is 10.6 Å². The van der Waals surface area contributed by atoms with Crippen LogP contribution in [0.5, 0.6) is 0 Å². The molecule has 4 nitrogen and oxygen atoms in total. The molecule has 0 aliphatic heterocycles. The highest BCUT2D eigenvalue weighted by Gasteiger charge is 1.89. The van der Waals surface area contributed by atoms with Gasteiger partial charge in [0.1, 0.15) is 0 Å². The van der Waals surface area contributed by atoms with Gasteiger partial charge in [-0.25, -0.2) is 0 Å². The minimum absolute atomic E-state index is 0.792. The van der Waals surface area contributed by atoms with Crippen molar-refractivity contribution in [2.75, 3.05) is 53.6 Å². The van der Waals surface area contributed by atoms with Crippen molar-refractivity contribution in [2.24, 2.45) is 0 Å². The summed E-state index contributed by atoms with van der Waals surface area (Å²) in [6.45, 7) is 13.5. The average molecular weight is 264 g/mol. The molecule has 0 bridgehead atoms. The van der Waals surface area contributed by atoms with Crippen LogP contribution >= 0.6 is 0 Å². The highest BCUT2D eigenvalue weighted by Crippen LogP contribution is 1.85. The maximum Gasteiger partial charge on any atom is 0.0487 e. The summed E-state index contributed by atoms with van der Waals surface area (Å²) >= 11 is 0. The Bertz CT molecular complexity index is 91.8. The lowest BCUT2D eigenvalue weighted by Crippen LogP contribution is -2.26. The van der Waals surface area contributed by atoms with Crippen LogP contribution in [0.3, 0.4) is 0 Å². The molecule has 0 aromatic heterocycles. The Morgan fingerprint density at radius 3 is 1.94 bits per heavy atom. The molecule has 0 fully saturated rings. The molecule has 0 radical (unpaired) electrons. The van der Waals surface area contributed by atoms with Gasteiger partial charge in [-0.15, -0.1) is 0 Å². The van der Waals surface area contributed by atoms with E-state index in [4.69, 9.17) is 9.47 Å². The second-order valence-corrected chi connectivity index (χ2v) is 3.17. The molecule has 0 unspecified atom stereocenters. The van der Waals surface area contributed by atoms with Crippen molar-refractivity contribution in [3.8, 4) is 0 Å². The minimum Gasteiger partial charge on any atom is -0.385 e. The molecule has 114 valence electrons. The monoisotopic (exact) mass is 264 g/mol. The number of likely N-dealkylation sites (N-methyl/N-ethyl adjacent to an activating group) is 1. The van der Waals surface area contributed by atoms with Crippen LogP contribution in [0.4, 0.5) is 0 Å². The maximum absolute atomic E-state index is 5.41. The zero-order chi connectivity index (χ0) is 14.5. The minimum atomic E-state index is 0.792. The van der Waals surface area contributed by atoms with Gasteiger partial charge in [0.2, 0.25) is 0 Å². The fourth-order valence-corrected chi connectivity index (χ4v) is 1.05. The Balaban J connectivity index is -0.000000506. The fourth-order valence-electron chi connectivity index (χ4n) is 1.05. The number of hydrogen-bond donors (Lipinski definition) is 2. The lowest BCUT2D eigenvalue weighted by molar-refractivity contribution is 0.101. The van der Waals surface area contributed by atoms with Gasteiger partial charge in [-0.2, -0.15) is 0 Å². The van der Waals surface area contributed by atoms with Crippen LogP contribution in [-0.2, 0) is 9.47 Å². The first kappa shape index (κ1) is 23.0. The summed E-state index contributed by atoms with van der Waals surface area (Å²) in [6.07, 6.45) is 2.07. The first-order valence-corrected chi connectivity index (χ1v) is 7.33. The van der Waals surface area contributed by atoms with E-state index in [9.17, 15) is 0 Å². The van der Waals surface area contributed by atoms with Gasteiger partial charge < -0.3 is 20.1 Å². The summed E-state index contributed by atoms with van der Waals surface area (Å²) in [5.74, 6) is 0. The Hall–Kier alpha value is -0.160. The van der Waals surface area contributed by atoms with Crippen molar-refractivity contribution in [1.29, 1.82) is 0 Å². The number of ether oxygens (including phenoxy) is 2. The van der Waals surface area contributed by atoms with Crippen molar-refractivity contribution in [3.05, 3.63) is 0 Å². The first-order valence-electron chi connectivity index (χ1n) is 7.33. The van der Waals surface area contributed by atoms with Crippen molar-refractivity contribution in [2.45, 2.75) is 40.5 Å². The molecule has 18 heavy (non-hydrogen) atoms. The van der Waals surface area contributed by atoms with Crippen LogP contribution in [0, 0.1) is 0 Å². The Kier molecular flexibility index (Phi) is 38.5. The van der Waals surface area contributed by atoms with Crippen LogP contribution in [-0.4, -0.2) is 53.6 Å². The van der Waals surface area contributed by atoms with Gasteiger partial charge in [0.05, 0.1) is 0 Å². The molecule has 0 saturated heterocycles. The summed E-state index contributed by atoms with van der Waals surface area (Å²) < 4.78 is 10.3. The largest absolute Gasteiger partial charge is 0.385 e. The van der Waals surface area contributed by atoms with Crippen molar-refractivity contribution >= 4 is 0 Å². The van der Waals surface area contributed by atoms with Crippen molar-refractivity contribution < 1.29 is 9.47 Å². The standard InChI is InChI=1S/C10H24N2O2.2C2H6/c1-11-6-7-12-5-3-9-14-10-4-8-13-2;2*1-2/h11-12H,3-10H2,1-2H3;2*1-2H3. The van der Waals surface area contributed by atoms with E-state index in [0.29, 0.717) is 0 Å². The quantitative estimate of drug-likeness (QED) is 0.562. The van der Waals surface area contributed by atoms with E-state index in [1.54, 1.807) is 7.11 Å². The SMILES string of the molecule is CC.CC.CNCCNCCCOCCCOC. The fraction of sp³-hybridized carbons (Fsp3) is 1.00. The third kappa shape index (κ3) is 29.7. The number of hydrogen-bond acceptors (Lipinski definition) is 4. The van der Waals surface area contributed by atoms with E-state index in [1.165, 1.54) is 0 Å². The molecule has 2 N–H and O–H groups in total. The molecule has 0 rings (SSSR count). The molecule has 0 atom stereocenters. The first-order chi connectivity index (χ1) is 8.91. The molecular formula is C14H36N2O2. The topological polar surface area (TPSA) is 42.5 Å². The van der Waals surface area contributed by atoms with Gasteiger partial charge in [-0.1, -0.05) is 27.7 Å². The van der Waals surface area contributed by atoms with E-state index < -0.39 is 0 Å². The summed E-state index contributed by atoms with van der Waals surface area (Å²) in [7, 11) is 3.67. The lowest BCUT2D eigenvalue weighted by atomic mass is 10.4. The summed E-state index contributed by atoms with van der Waals surface area (Å²) in [4.78, 5) is 0. The number of nitrogens with one attached hydrogen (secondary N) is 2. The second kappa shape index (κ2) is 30.1. The van der Waals surface area contributed by atoms with E-state index in [2.05, 4.69) is 10.6 Å². The van der Waals surface area contributed by atoms with E-state index in [0.717, 1.165) is 52.3 Å². The molecule has 0 aromatic carbocycles. The third-order valence-electron chi connectivity index (χ3n) is 1.83. The molecule has 0 aliphatic carbocycles. The maximum atomic E-state index is 5.41.